The molecule has 2 heterocycles. The Balaban J connectivity index is 1.70. The summed E-state index contributed by atoms with van der Waals surface area (Å²) in [5.74, 6) is 0.637. The van der Waals surface area contributed by atoms with Gasteiger partial charge in [0.15, 0.2) is 0 Å². The lowest BCUT2D eigenvalue weighted by Crippen LogP contribution is -2.27. The van der Waals surface area contributed by atoms with Gasteiger partial charge in [0.25, 0.3) is 5.56 Å². The fourth-order valence-corrected chi connectivity index (χ4v) is 3.42. The summed E-state index contributed by atoms with van der Waals surface area (Å²) in [6, 6.07) is 2.38. The van der Waals surface area contributed by atoms with Gasteiger partial charge in [-0.3, -0.25) is 4.79 Å². The van der Waals surface area contributed by atoms with Crippen molar-refractivity contribution in [2.75, 3.05) is 5.32 Å². The normalized spacial score (nSPS) is 15.9. The van der Waals surface area contributed by atoms with Gasteiger partial charge >= 0.3 is 0 Å². The van der Waals surface area contributed by atoms with Gasteiger partial charge in [0.2, 0.25) is 0 Å². The summed E-state index contributed by atoms with van der Waals surface area (Å²) in [4.78, 5) is 12.3. The highest BCUT2D eigenvalue weighted by Gasteiger charge is 2.23. The van der Waals surface area contributed by atoms with E-state index in [1.165, 1.54) is 18.4 Å². The summed E-state index contributed by atoms with van der Waals surface area (Å²) in [6.07, 6.45) is 5.10. The largest absolute Gasteiger partial charge is 0.380 e. The number of hydrogen-bond donors (Lipinski definition) is 1. The van der Waals surface area contributed by atoms with Crippen molar-refractivity contribution < 1.29 is 0 Å². The number of hydrogen-bond acceptors (Lipinski definition) is 4. The highest BCUT2D eigenvalue weighted by Crippen LogP contribution is 2.30. The van der Waals surface area contributed by atoms with Crippen LogP contribution in [0.25, 0.3) is 0 Å². The Bertz CT molecular complexity index is 664. The molecule has 112 valence electrons. The number of rotatable bonds is 6. The van der Waals surface area contributed by atoms with Crippen LogP contribution in [0.3, 0.4) is 0 Å². The molecule has 6 heteroatoms. The van der Waals surface area contributed by atoms with Crippen LogP contribution >= 0.6 is 27.3 Å². The van der Waals surface area contributed by atoms with E-state index in [0.29, 0.717) is 10.4 Å². The van der Waals surface area contributed by atoms with Crippen molar-refractivity contribution in [2.45, 2.75) is 38.8 Å². The van der Waals surface area contributed by atoms with Crippen molar-refractivity contribution in [2.24, 2.45) is 5.92 Å². The number of halogens is 1. The number of nitrogens with one attached hydrogen (secondary N) is 1. The van der Waals surface area contributed by atoms with Crippen LogP contribution in [-0.4, -0.2) is 15.8 Å². The van der Waals surface area contributed by atoms with E-state index in [0.717, 1.165) is 18.7 Å². The first kappa shape index (κ1) is 14.8. The van der Waals surface area contributed by atoms with Crippen LogP contribution in [0, 0.1) is 5.92 Å². The average Bonchev–Trinajstić information content (AvgIpc) is 3.13. The molecule has 0 aliphatic heterocycles. The predicted molar refractivity (Wildman–Crippen MR) is 90.0 cm³/mol. The molecule has 2 aromatic heterocycles. The second kappa shape index (κ2) is 6.32. The zero-order valence-corrected chi connectivity index (χ0v) is 14.3. The predicted octanol–water partition coefficient (Wildman–Crippen LogP) is 3.52. The molecule has 1 saturated carbocycles. The number of anilines is 1. The maximum Gasteiger partial charge on any atom is 0.283 e. The van der Waals surface area contributed by atoms with E-state index in [2.05, 4.69) is 50.1 Å². The van der Waals surface area contributed by atoms with Crippen LogP contribution in [-0.2, 0) is 13.0 Å². The molecule has 1 N–H and O–H groups in total. The molecule has 0 radical (unpaired) electrons. The lowest BCUT2D eigenvalue weighted by Gasteiger charge is -2.16. The summed E-state index contributed by atoms with van der Waals surface area (Å²) < 4.78 is 2.14. The van der Waals surface area contributed by atoms with Gasteiger partial charge in [0.1, 0.15) is 4.47 Å². The Morgan fingerprint density at radius 1 is 1.57 bits per heavy atom. The lowest BCUT2D eigenvalue weighted by molar-refractivity contribution is 0.531. The summed E-state index contributed by atoms with van der Waals surface area (Å²) in [5.41, 5.74) is 2.04. The van der Waals surface area contributed by atoms with Crippen LogP contribution < -0.4 is 10.9 Å². The maximum atomic E-state index is 12.3. The highest BCUT2D eigenvalue weighted by molar-refractivity contribution is 9.10. The highest BCUT2D eigenvalue weighted by atomic mass is 79.9. The molecule has 3 rings (SSSR count). The van der Waals surface area contributed by atoms with Gasteiger partial charge in [-0.05, 0) is 70.4 Å². The lowest BCUT2D eigenvalue weighted by atomic mass is 10.1. The zero-order chi connectivity index (χ0) is 14.8. The Morgan fingerprint density at radius 2 is 2.38 bits per heavy atom. The Kier molecular flexibility index (Phi) is 4.45. The number of nitrogens with zero attached hydrogens (tertiary/aromatic N) is 2. The minimum atomic E-state index is -0.0466. The van der Waals surface area contributed by atoms with E-state index in [9.17, 15) is 4.79 Å². The topological polar surface area (TPSA) is 46.9 Å². The average molecular weight is 368 g/mol. The minimum absolute atomic E-state index is 0.0466. The van der Waals surface area contributed by atoms with Crippen molar-refractivity contribution in [1.82, 2.24) is 9.78 Å². The van der Waals surface area contributed by atoms with Crippen LogP contribution in [0.5, 0.6) is 0 Å². The summed E-state index contributed by atoms with van der Waals surface area (Å²) in [5, 5.41) is 11.9. The van der Waals surface area contributed by atoms with Crippen LogP contribution in [0.4, 0.5) is 5.69 Å². The molecule has 1 aliphatic carbocycles. The summed E-state index contributed by atoms with van der Waals surface area (Å²) in [7, 11) is 0. The smallest absolute Gasteiger partial charge is 0.283 e. The fourth-order valence-electron chi connectivity index (χ4n) is 2.32. The van der Waals surface area contributed by atoms with E-state index < -0.39 is 0 Å². The molecule has 2 aromatic rings. The maximum absolute atomic E-state index is 12.3. The van der Waals surface area contributed by atoms with Crippen molar-refractivity contribution in [3.05, 3.63) is 43.4 Å². The monoisotopic (exact) mass is 367 g/mol. The molecule has 0 saturated heterocycles. The Morgan fingerprint density at radius 3 is 3.05 bits per heavy atom. The molecule has 4 nitrogen and oxygen atoms in total. The molecule has 1 aliphatic rings. The number of aromatic nitrogens is 2. The third-order valence-electron chi connectivity index (χ3n) is 3.64. The fraction of sp³-hybridized carbons (Fsp3) is 0.467. The van der Waals surface area contributed by atoms with Crippen LogP contribution in [0.15, 0.2) is 32.3 Å². The van der Waals surface area contributed by atoms with Crippen LogP contribution in [0.2, 0.25) is 0 Å². The van der Waals surface area contributed by atoms with Gasteiger partial charge in [0, 0.05) is 12.6 Å². The van der Waals surface area contributed by atoms with E-state index in [1.807, 2.05) is 0 Å². The molecule has 1 fully saturated rings. The van der Waals surface area contributed by atoms with Gasteiger partial charge in [-0.1, -0.05) is 0 Å². The molecule has 1 atom stereocenters. The Hall–Kier alpha value is -1.14. The molecule has 1 unspecified atom stereocenters. The van der Waals surface area contributed by atoms with Gasteiger partial charge in [-0.2, -0.15) is 16.4 Å². The van der Waals surface area contributed by atoms with E-state index in [1.54, 1.807) is 22.2 Å². The van der Waals surface area contributed by atoms with Crippen LogP contribution in [0.1, 0.15) is 25.3 Å². The van der Waals surface area contributed by atoms with Gasteiger partial charge in [-0.15, -0.1) is 0 Å². The molecule has 0 spiro atoms. The molecule has 0 aromatic carbocycles. The molecule has 0 bridgehead atoms. The van der Waals surface area contributed by atoms with Crippen molar-refractivity contribution in [3.8, 4) is 0 Å². The third kappa shape index (κ3) is 3.74. The first-order chi connectivity index (χ1) is 10.1. The number of thiophene rings is 1. The molecular weight excluding hydrogens is 350 g/mol. The zero-order valence-electron chi connectivity index (χ0n) is 11.9. The standard InChI is InChI=1S/C15H18BrN3OS/c1-10(6-12-4-5-21-9-12)18-13-7-17-19(8-11-2-3-11)15(20)14(13)16/h4-5,7,9-11,18H,2-3,6,8H2,1H3. The molecule has 0 amide bonds. The second-order valence-electron chi connectivity index (χ2n) is 5.68. The summed E-state index contributed by atoms with van der Waals surface area (Å²) in [6.45, 7) is 2.85. The van der Waals surface area contributed by atoms with Gasteiger partial charge in [0.05, 0.1) is 11.9 Å². The molecular formula is C15H18BrN3OS. The molecule has 21 heavy (non-hydrogen) atoms. The van der Waals surface area contributed by atoms with E-state index in [-0.39, 0.29) is 11.6 Å². The quantitative estimate of drug-likeness (QED) is 0.849. The van der Waals surface area contributed by atoms with Crippen molar-refractivity contribution >= 4 is 33.0 Å². The first-order valence-electron chi connectivity index (χ1n) is 7.16. The second-order valence-corrected chi connectivity index (χ2v) is 7.26. The summed E-state index contributed by atoms with van der Waals surface area (Å²) >= 11 is 5.12. The van der Waals surface area contributed by atoms with Gasteiger partial charge < -0.3 is 5.32 Å². The van der Waals surface area contributed by atoms with E-state index in [4.69, 9.17) is 0 Å². The van der Waals surface area contributed by atoms with Crippen molar-refractivity contribution in [1.29, 1.82) is 0 Å². The van der Waals surface area contributed by atoms with Gasteiger partial charge in [-0.25, -0.2) is 4.68 Å². The van der Waals surface area contributed by atoms with Crippen molar-refractivity contribution in [3.63, 3.8) is 0 Å². The van der Waals surface area contributed by atoms with E-state index >= 15 is 0 Å². The SMILES string of the molecule is CC(Cc1ccsc1)Nc1cnn(CC2CC2)c(=O)c1Br. The Labute approximate surface area is 136 Å². The minimum Gasteiger partial charge on any atom is -0.380 e. The third-order valence-corrected chi connectivity index (χ3v) is 5.14. The first-order valence-corrected chi connectivity index (χ1v) is 8.90.